The number of aryl methyl sites for hydroxylation is 1. The first-order valence-electron chi connectivity index (χ1n) is 13.9. The number of piperazine rings is 1. The van der Waals surface area contributed by atoms with Gasteiger partial charge >= 0.3 is 6.18 Å². The third kappa shape index (κ3) is 7.41. The first-order valence-corrected chi connectivity index (χ1v) is 13.9. The van der Waals surface area contributed by atoms with E-state index in [4.69, 9.17) is 4.74 Å². The van der Waals surface area contributed by atoms with E-state index in [-0.39, 0.29) is 24.3 Å². The Hall–Kier alpha value is -3.54. The van der Waals surface area contributed by atoms with Gasteiger partial charge in [0.1, 0.15) is 17.9 Å². The number of carbonyl (C=O) groups excluding carboxylic acids is 1. The molecule has 2 aromatic carbocycles. The van der Waals surface area contributed by atoms with E-state index in [1.807, 2.05) is 6.92 Å². The first kappa shape index (κ1) is 29.0. The second kappa shape index (κ2) is 12.5. The van der Waals surface area contributed by atoms with Gasteiger partial charge in [-0.1, -0.05) is 31.2 Å². The average molecular weight is 569 g/mol. The molecule has 41 heavy (non-hydrogen) atoms. The number of ketones is 1. The molecule has 0 unspecified atom stereocenters. The summed E-state index contributed by atoms with van der Waals surface area (Å²) in [5, 5.41) is 6.47. The van der Waals surface area contributed by atoms with Crippen LogP contribution in [0.25, 0.3) is 0 Å². The number of halogens is 3. The van der Waals surface area contributed by atoms with Gasteiger partial charge in [-0.25, -0.2) is 9.97 Å². The van der Waals surface area contributed by atoms with E-state index in [1.54, 1.807) is 30.3 Å². The van der Waals surface area contributed by atoms with Crippen LogP contribution in [0.4, 0.5) is 19.0 Å². The quantitative estimate of drug-likeness (QED) is 0.345. The number of alkyl halides is 3. The summed E-state index contributed by atoms with van der Waals surface area (Å²) in [6.07, 6.45) is -3.26. The van der Waals surface area contributed by atoms with E-state index in [1.165, 1.54) is 12.4 Å². The van der Waals surface area contributed by atoms with Crippen LogP contribution < -0.4 is 15.4 Å². The molecule has 0 atom stereocenters. The van der Waals surface area contributed by atoms with Gasteiger partial charge < -0.3 is 20.3 Å². The molecular formula is C30H35F3N6O2. The van der Waals surface area contributed by atoms with Crippen molar-refractivity contribution in [2.75, 3.05) is 51.1 Å². The normalized spacial score (nSPS) is 16.8. The van der Waals surface area contributed by atoms with Crippen molar-refractivity contribution in [2.45, 2.75) is 39.0 Å². The van der Waals surface area contributed by atoms with Crippen molar-refractivity contribution < 1.29 is 22.7 Å². The average Bonchev–Trinajstić information content (AvgIpc) is 2.93. The van der Waals surface area contributed by atoms with Crippen LogP contribution in [0.15, 0.2) is 48.8 Å². The Balaban J connectivity index is 1.28. The van der Waals surface area contributed by atoms with Gasteiger partial charge in [-0.05, 0) is 42.3 Å². The van der Waals surface area contributed by atoms with Crippen LogP contribution in [0.5, 0.6) is 11.6 Å². The van der Waals surface area contributed by atoms with Crippen molar-refractivity contribution in [3.63, 3.8) is 0 Å². The Morgan fingerprint density at radius 3 is 2.49 bits per heavy atom. The lowest BCUT2D eigenvalue weighted by Gasteiger charge is -2.34. The van der Waals surface area contributed by atoms with E-state index in [2.05, 4.69) is 37.3 Å². The van der Waals surface area contributed by atoms with E-state index < -0.39 is 11.7 Å². The zero-order chi connectivity index (χ0) is 29.0. The zero-order valence-electron chi connectivity index (χ0n) is 23.3. The highest BCUT2D eigenvalue weighted by molar-refractivity contribution is 5.98. The van der Waals surface area contributed by atoms with Crippen LogP contribution in [0.2, 0.25) is 0 Å². The van der Waals surface area contributed by atoms with Gasteiger partial charge in [0.15, 0.2) is 5.78 Å². The summed E-state index contributed by atoms with van der Waals surface area (Å²) in [7, 11) is 0. The lowest BCUT2D eigenvalue weighted by atomic mass is 9.97. The highest BCUT2D eigenvalue weighted by Crippen LogP contribution is 2.34. The number of ether oxygens (including phenoxy) is 1. The molecule has 2 aliphatic heterocycles. The molecule has 218 valence electrons. The van der Waals surface area contributed by atoms with Crippen molar-refractivity contribution in [3.05, 3.63) is 76.6 Å². The maximum absolute atomic E-state index is 14.0. The molecule has 0 saturated carbocycles. The monoisotopic (exact) mass is 568 g/mol. The molecule has 2 N–H and O–H groups in total. The number of aromatic nitrogens is 2. The molecule has 0 bridgehead atoms. The summed E-state index contributed by atoms with van der Waals surface area (Å²) in [4.78, 5) is 25.9. The first-order chi connectivity index (χ1) is 19.7. The Labute approximate surface area is 237 Å². The van der Waals surface area contributed by atoms with Gasteiger partial charge in [0.25, 0.3) is 0 Å². The Bertz CT molecular complexity index is 1370. The molecule has 8 nitrogen and oxygen atoms in total. The van der Waals surface area contributed by atoms with Gasteiger partial charge in [-0.3, -0.25) is 9.69 Å². The number of hydrogen-bond donors (Lipinski definition) is 2. The molecule has 2 fully saturated rings. The fourth-order valence-corrected chi connectivity index (χ4v) is 5.00. The molecule has 2 saturated heterocycles. The van der Waals surface area contributed by atoms with Crippen LogP contribution in [0, 0.1) is 6.92 Å². The highest BCUT2D eigenvalue weighted by atomic mass is 19.4. The molecule has 0 aliphatic carbocycles. The molecular weight excluding hydrogens is 533 g/mol. The van der Waals surface area contributed by atoms with Gasteiger partial charge in [-0.2, -0.15) is 13.2 Å². The largest absolute Gasteiger partial charge is 0.439 e. The molecule has 0 amide bonds. The number of carbonyl (C=O) groups is 1. The van der Waals surface area contributed by atoms with Crippen molar-refractivity contribution >= 4 is 11.6 Å². The maximum atomic E-state index is 14.0. The van der Waals surface area contributed by atoms with Crippen molar-refractivity contribution in [2.24, 2.45) is 0 Å². The minimum atomic E-state index is -4.51. The van der Waals surface area contributed by atoms with Gasteiger partial charge in [-0.15, -0.1) is 0 Å². The Kier molecular flexibility index (Phi) is 8.86. The number of hydrogen-bond acceptors (Lipinski definition) is 8. The van der Waals surface area contributed by atoms with E-state index in [9.17, 15) is 18.0 Å². The Morgan fingerprint density at radius 1 is 1.05 bits per heavy atom. The predicted molar refractivity (Wildman–Crippen MR) is 150 cm³/mol. The minimum absolute atomic E-state index is 0.155. The second-order valence-corrected chi connectivity index (χ2v) is 10.6. The summed E-state index contributed by atoms with van der Waals surface area (Å²) in [5.41, 5.74) is 1.02. The van der Waals surface area contributed by atoms with Crippen molar-refractivity contribution in [3.8, 4) is 11.6 Å². The lowest BCUT2D eigenvalue weighted by Crippen LogP contribution is -2.51. The maximum Gasteiger partial charge on any atom is 0.416 e. The van der Waals surface area contributed by atoms with Crippen LogP contribution in [-0.2, 0) is 19.1 Å². The van der Waals surface area contributed by atoms with E-state index in [0.717, 1.165) is 57.4 Å². The smallest absolute Gasteiger partial charge is 0.416 e. The predicted octanol–water partition coefficient (Wildman–Crippen LogP) is 4.54. The van der Waals surface area contributed by atoms with Gasteiger partial charge in [0.05, 0.1) is 11.6 Å². The number of nitrogens with zero attached hydrogens (tertiary/aromatic N) is 4. The SMILES string of the molecule is CCN1CCN(Cc2ccc(CC(=O)c3ccc(C)c(Oc4cc(NC5CNC5)ncn4)c3)cc2C(F)(F)F)CC1. The Morgan fingerprint density at radius 2 is 1.80 bits per heavy atom. The summed E-state index contributed by atoms with van der Waals surface area (Å²) in [6, 6.07) is 11.3. The third-order valence-corrected chi connectivity index (χ3v) is 7.65. The number of likely N-dealkylation sites (N-methyl/N-ethyl adjacent to an activating group) is 1. The number of Topliss-reactive ketones (excluding diaryl/α,β-unsaturated/α-hetero) is 1. The molecule has 3 heterocycles. The number of rotatable bonds is 10. The molecule has 0 spiro atoms. The van der Waals surface area contributed by atoms with Crippen LogP contribution in [-0.4, -0.2) is 77.4 Å². The van der Waals surface area contributed by atoms with Crippen molar-refractivity contribution in [1.29, 1.82) is 0 Å². The summed E-state index contributed by atoms with van der Waals surface area (Å²) >= 11 is 0. The van der Waals surface area contributed by atoms with Crippen LogP contribution in [0.1, 0.15) is 39.5 Å². The number of anilines is 1. The topological polar surface area (TPSA) is 82.6 Å². The fraction of sp³-hybridized carbons (Fsp3) is 0.433. The number of nitrogens with one attached hydrogen (secondary N) is 2. The number of benzene rings is 2. The minimum Gasteiger partial charge on any atom is -0.439 e. The van der Waals surface area contributed by atoms with E-state index in [0.29, 0.717) is 34.6 Å². The summed E-state index contributed by atoms with van der Waals surface area (Å²) < 4.78 is 48.1. The zero-order valence-corrected chi connectivity index (χ0v) is 23.3. The molecule has 3 aromatic rings. The molecule has 5 rings (SSSR count). The third-order valence-electron chi connectivity index (χ3n) is 7.65. The summed E-state index contributed by atoms with van der Waals surface area (Å²) in [5.74, 6) is 1.11. The molecule has 11 heteroatoms. The van der Waals surface area contributed by atoms with E-state index >= 15 is 0 Å². The molecule has 0 radical (unpaired) electrons. The summed E-state index contributed by atoms with van der Waals surface area (Å²) in [6.45, 7) is 9.97. The lowest BCUT2D eigenvalue weighted by molar-refractivity contribution is -0.138. The molecule has 2 aliphatic rings. The van der Waals surface area contributed by atoms with Crippen molar-refractivity contribution in [1.82, 2.24) is 25.1 Å². The molecule has 1 aromatic heterocycles. The van der Waals surface area contributed by atoms with Gasteiger partial charge in [0.2, 0.25) is 5.88 Å². The highest BCUT2D eigenvalue weighted by Gasteiger charge is 2.34. The standard InChI is InChI=1S/C30H35F3N6O2/c1-3-38-8-10-39(11-9-38)18-23-7-5-21(12-25(23)30(31,32)33)13-26(40)22-6-4-20(2)27(14-22)41-29-15-28(35-19-36-29)37-24-16-34-17-24/h4-7,12,14-15,19,24,34H,3,8-11,13,16-18H2,1-2H3,(H,35,36,37). The van der Waals surface area contributed by atoms with Crippen LogP contribution in [0.3, 0.4) is 0 Å². The van der Waals surface area contributed by atoms with Gasteiger partial charge in [0, 0.05) is 63.9 Å². The van der Waals surface area contributed by atoms with Crippen LogP contribution >= 0.6 is 0 Å². The second-order valence-electron chi connectivity index (χ2n) is 10.6. The fourth-order valence-electron chi connectivity index (χ4n) is 5.00.